The Labute approximate surface area is 118 Å². The van der Waals surface area contributed by atoms with Crippen LogP contribution >= 0.6 is 0 Å². The fourth-order valence-corrected chi connectivity index (χ4v) is 2.61. The van der Waals surface area contributed by atoms with Crippen molar-refractivity contribution < 1.29 is 4.79 Å². The van der Waals surface area contributed by atoms with Gasteiger partial charge in [0.1, 0.15) is 0 Å². The number of carbonyl (C=O) groups is 1. The molecule has 0 saturated heterocycles. The van der Waals surface area contributed by atoms with Crippen LogP contribution in [0, 0.1) is 6.92 Å². The smallest absolute Gasteiger partial charge is 0.195 e. The SMILES string of the molecule is CCc1ccc(C(=O)c2c(C)[nH]c3ccccc23)cc1. The van der Waals surface area contributed by atoms with E-state index < -0.39 is 0 Å². The fraction of sp³-hybridized carbons (Fsp3) is 0.167. The lowest BCUT2D eigenvalue weighted by molar-refractivity contribution is 0.104. The van der Waals surface area contributed by atoms with Crippen LogP contribution in [-0.4, -0.2) is 10.8 Å². The summed E-state index contributed by atoms with van der Waals surface area (Å²) in [6.07, 6.45) is 0.987. The molecule has 2 aromatic carbocycles. The number of benzene rings is 2. The molecule has 0 amide bonds. The number of aromatic nitrogens is 1. The number of carbonyl (C=O) groups excluding carboxylic acids is 1. The Bertz CT molecular complexity index is 766. The largest absolute Gasteiger partial charge is 0.358 e. The quantitative estimate of drug-likeness (QED) is 0.703. The molecule has 100 valence electrons. The Kier molecular flexibility index (Phi) is 3.15. The van der Waals surface area contributed by atoms with Gasteiger partial charge >= 0.3 is 0 Å². The van der Waals surface area contributed by atoms with E-state index in [1.807, 2.05) is 55.5 Å². The van der Waals surface area contributed by atoms with Gasteiger partial charge < -0.3 is 4.98 Å². The zero-order valence-corrected chi connectivity index (χ0v) is 11.7. The standard InChI is InChI=1S/C18H17NO/c1-3-13-8-10-14(11-9-13)18(20)17-12(2)19-16-7-5-4-6-15(16)17/h4-11,19H,3H2,1-2H3. The molecule has 0 aliphatic carbocycles. The van der Waals surface area contributed by atoms with E-state index in [-0.39, 0.29) is 5.78 Å². The second kappa shape index (κ2) is 4.97. The van der Waals surface area contributed by atoms with E-state index in [1.54, 1.807) is 0 Å². The summed E-state index contributed by atoms with van der Waals surface area (Å²) in [6, 6.07) is 15.8. The molecule has 20 heavy (non-hydrogen) atoms. The normalized spacial score (nSPS) is 10.9. The number of rotatable bonds is 3. The highest BCUT2D eigenvalue weighted by molar-refractivity contribution is 6.17. The molecule has 2 heteroatoms. The number of fused-ring (bicyclic) bond motifs is 1. The van der Waals surface area contributed by atoms with Crippen LogP contribution in [-0.2, 0) is 6.42 Å². The van der Waals surface area contributed by atoms with Crippen molar-refractivity contribution in [1.82, 2.24) is 4.98 Å². The Morgan fingerprint density at radius 2 is 1.75 bits per heavy atom. The molecule has 0 unspecified atom stereocenters. The third kappa shape index (κ3) is 2.03. The van der Waals surface area contributed by atoms with Crippen LogP contribution in [0.1, 0.15) is 34.1 Å². The number of H-pyrrole nitrogens is 1. The number of nitrogens with one attached hydrogen (secondary N) is 1. The molecule has 0 spiro atoms. The monoisotopic (exact) mass is 263 g/mol. The summed E-state index contributed by atoms with van der Waals surface area (Å²) in [6.45, 7) is 4.06. The van der Waals surface area contributed by atoms with Crippen LogP contribution in [0.2, 0.25) is 0 Å². The third-order valence-electron chi connectivity index (χ3n) is 3.75. The first-order chi connectivity index (χ1) is 9.70. The Morgan fingerprint density at radius 1 is 1.05 bits per heavy atom. The molecule has 0 aliphatic rings. The van der Waals surface area contributed by atoms with Gasteiger partial charge in [-0.2, -0.15) is 0 Å². The summed E-state index contributed by atoms with van der Waals surface area (Å²) in [5.41, 5.74) is 4.71. The molecule has 0 fully saturated rings. The topological polar surface area (TPSA) is 32.9 Å². The lowest BCUT2D eigenvalue weighted by atomic mass is 9.99. The van der Waals surface area contributed by atoms with E-state index in [0.717, 1.165) is 34.1 Å². The van der Waals surface area contributed by atoms with Crippen LogP contribution in [0.25, 0.3) is 10.9 Å². The first-order valence-corrected chi connectivity index (χ1v) is 6.91. The van der Waals surface area contributed by atoms with Crippen LogP contribution in [0.3, 0.4) is 0 Å². The first kappa shape index (κ1) is 12.7. The van der Waals surface area contributed by atoms with Crippen molar-refractivity contribution >= 4 is 16.7 Å². The van der Waals surface area contributed by atoms with Gasteiger partial charge in [0.05, 0.1) is 5.56 Å². The van der Waals surface area contributed by atoms with Gasteiger partial charge in [0.2, 0.25) is 0 Å². The first-order valence-electron chi connectivity index (χ1n) is 6.91. The molecule has 1 aromatic heterocycles. The number of para-hydroxylation sites is 1. The predicted octanol–water partition coefficient (Wildman–Crippen LogP) is 4.27. The van der Waals surface area contributed by atoms with E-state index in [1.165, 1.54) is 5.56 Å². The average molecular weight is 263 g/mol. The van der Waals surface area contributed by atoms with Crippen molar-refractivity contribution in [1.29, 1.82) is 0 Å². The highest BCUT2D eigenvalue weighted by Crippen LogP contribution is 2.24. The van der Waals surface area contributed by atoms with Crippen molar-refractivity contribution in [3.05, 3.63) is 70.9 Å². The number of ketones is 1. The maximum Gasteiger partial charge on any atom is 0.195 e. The van der Waals surface area contributed by atoms with Crippen molar-refractivity contribution in [2.45, 2.75) is 20.3 Å². The molecule has 0 saturated carbocycles. The molecular weight excluding hydrogens is 246 g/mol. The summed E-state index contributed by atoms with van der Waals surface area (Å²) < 4.78 is 0. The van der Waals surface area contributed by atoms with Gasteiger partial charge in [-0.1, -0.05) is 49.4 Å². The van der Waals surface area contributed by atoms with Crippen molar-refractivity contribution in [2.24, 2.45) is 0 Å². The molecule has 0 bridgehead atoms. The van der Waals surface area contributed by atoms with E-state index in [0.29, 0.717) is 0 Å². The summed E-state index contributed by atoms with van der Waals surface area (Å²) >= 11 is 0. The average Bonchev–Trinajstić information content (AvgIpc) is 2.82. The maximum atomic E-state index is 12.7. The zero-order chi connectivity index (χ0) is 14.1. The Hall–Kier alpha value is -2.35. The number of hydrogen-bond acceptors (Lipinski definition) is 1. The molecule has 0 radical (unpaired) electrons. The predicted molar refractivity (Wildman–Crippen MR) is 82.3 cm³/mol. The summed E-state index contributed by atoms with van der Waals surface area (Å²) in [5.74, 6) is 0.0857. The minimum atomic E-state index is 0.0857. The van der Waals surface area contributed by atoms with Crippen molar-refractivity contribution in [2.75, 3.05) is 0 Å². The third-order valence-corrected chi connectivity index (χ3v) is 3.75. The van der Waals surface area contributed by atoms with E-state index in [2.05, 4.69) is 11.9 Å². The molecule has 3 aromatic rings. The minimum absolute atomic E-state index is 0.0857. The zero-order valence-electron chi connectivity index (χ0n) is 11.7. The molecule has 2 nitrogen and oxygen atoms in total. The highest BCUT2D eigenvalue weighted by Gasteiger charge is 2.17. The lowest BCUT2D eigenvalue weighted by Crippen LogP contribution is -2.02. The minimum Gasteiger partial charge on any atom is -0.358 e. The summed E-state index contributed by atoms with van der Waals surface area (Å²) in [7, 11) is 0. The maximum absolute atomic E-state index is 12.7. The molecule has 3 rings (SSSR count). The summed E-state index contributed by atoms with van der Waals surface area (Å²) in [5, 5.41) is 0.995. The van der Waals surface area contributed by atoms with E-state index in [9.17, 15) is 4.79 Å². The molecule has 1 N–H and O–H groups in total. The van der Waals surface area contributed by atoms with Gasteiger partial charge in [-0.05, 0) is 25.0 Å². The van der Waals surface area contributed by atoms with Gasteiger partial charge in [-0.15, -0.1) is 0 Å². The van der Waals surface area contributed by atoms with Gasteiger partial charge in [0.25, 0.3) is 0 Å². The highest BCUT2D eigenvalue weighted by atomic mass is 16.1. The van der Waals surface area contributed by atoms with Gasteiger partial charge in [-0.25, -0.2) is 0 Å². The van der Waals surface area contributed by atoms with Crippen LogP contribution < -0.4 is 0 Å². The van der Waals surface area contributed by atoms with Gasteiger partial charge in [0.15, 0.2) is 5.78 Å². The van der Waals surface area contributed by atoms with E-state index in [4.69, 9.17) is 0 Å². The summed E-state index contributed by atoms with van der Waals surface area (Å²) in [4.78, 5) is 16.0. The Balaban J connectivity index is 2.09. The molecular formula is C18H17NO. The molecule has 0 atom stereocenters. The Morgan fingerprint density at radius 3 is 2.45 bits per heavy atom. The number of hydrogen-bond donors (Lipinski definition) is 1. The number of aromatic amines is 1. The van der Waals surface area contributed by atoms with Crippen molar-refractivity contribution in [3.63, 3.8) is 0 Å². The second-order valence-corrected chi connectivity index (χ2v) is 5.05. The molecule has 0 aliphatic heterocycles. The van der Waals surface area contributed by atoms with Gasteiger partial charge in [0, 0.05) is 22.2 Å². The van der Waals surface area contributed by atoms with Gasteiger partial charge in [-0.3, -0.25) is 4.79 Å². The fourth-order valence-electron chi connectivity index (χ4n) is 2.61. The van der Waals surface area contributed by atoms with Crippen LogP contribution in [0.4, 0.5) is 0 Å². The number of aryl methyl sites for hydroxylation is 2. The molecule has 1 heterocycles. The van der Waals surface area contributed by atoms with E-state index >= 15 is 0 Å². The second-order valence-electron chi connectivity index (χ2n) is 5.05. The van der Waals surface area contributed by atoms with Crippen molar-refractivity contribution in [3.8, 4) is 0 Å². The van der Waals surface area contributed by atoms with Crippen LogP contribution in [0.15, 0.2) is 48.5 Å². The lowest BCUT2D eigenvalue weighted by Gasteiger charge is -2.03. The van der Waals surface area contributed by atoms with Crippen LogP contribution in [0.5, 0.6) is 0 Å².